The molecular formula is C17H24N2O. The Morgan fingerprint density at radius 2 is 1.95 bits per heavy atom. The van der Waals surface area contributed by atoms with Crippen molar-refractivity contribution in [3.8, 4) is 5.75 Å². The van der Waals surface area contributed by atoms with E-state index in [-0.39, 0.29) is 5.41 Å². The van der Waals surface area contributed by atoms with E-state index in [0.717, 1.165) is 5.75 Å². The quantitative estimate of drug-likeness (QED) is 0.931. The van der Waals surface area contributed by atoms with E-state index in [1.807, 2.05) is 0 Å². The minimum absolute atomic E-state index is 0.105. The molecule has 3 rings (SSSR count). The first-order valence-corrected chi connectivity index (χ1v) is 7.54. The smallest absolute Gasteiger partial charge is 0.132 e. The molecule has 0 atom stereocenters. The number of ether oxygens (including phenoxy) is 1. The highest BCUT2D eigenvalue weighted by Gasteiger charge is 2.35. The minimum atomic E-state index is 0.105. The van der Waals surface area contributed by atoms with Gasteiger partial charge in [0.2, 0.25) is 0 Å². The van der Waals surface area contributed by atoms with Crippen LogP contribution in [0.25, 0.3) is 10.9 Å². The van der Waals surface area contributed by atoms with Gasteiger partial charge in [0.1, 0.15) is 5.75 Å². The first-order valence-electron chi connectivity index (χ1n) is 7.54. The molecule has 1 aromatic heterocycles. The van der Waals surface area contributed by atoms with Crippen LogP contribution >= 0.6 is 0 Å². The SMILES string of the molecule is COc1c(C2(CN)CCCCC2)ccc2c1ccn2C. The van der Waals surface area contributed by atoms with E-state index >= 15 is 0 Å². The molecule has 1 saturated carbocycles. The van der Waals surface area contributed by atoms with Gasteiger partial charge in [0.15, 0.2) is 0 Å². The van der Waals surface area contributed by atoms with Crippen molar-refractivity contribution in [2.45, 2.75) is 37.5 Å². The molecule has 0 bridgehead atoms. The van der Waals surface area contributed by atoms with E-state index in [2.05, 4.69) is 36.0 Å². The summed E-state index contributed by atoms with van der Waals surface area (Å²) in [6.07, 6.45) is 8.32. The first kappa shape index (κ1) is 13.5. The normalized spacial score (nSPS) is 18.4. The monoisotopic (exact) mass is 272 g/mol. The van der Waals surface area contributed by atoms with Gasteiger partial charge in [-0.05, 0) is 25.0 Å². The fraction of sp³-hybridized carbons (Fsp3) is 0.529. The third-order valence-electron chi connectivity index (χ3n) is 4.99. The molecular weight excluding hydrogens is 248 g/mol. The maximum Gasteiger partial charge on any atom is 0.132 e. The Morgan fingerprint density at radius 3 is 2.60 bits per heavy atom. The van der Waals surface area contributed by atoms with Gasteiger partial charge in [-0.25, -0.2) is 0 Å². The molecule has 2 aromatic rings. The number of aromatic nitrogens is 1. The van der Waals surface area contributed by atoms with Crippen LogP contribution in [0.1, 0.15) is 37.7 Å². The molecule has 108 valence electrons. The summed E-state index contributed by atoms with van der Waals surface area (Å²) in [6.45, 7) is 0.710. The fourth-order valence-corrected chi connectivity index (χ4v) is 3.77. The highest BCUT2D eigenvalue weighted by Crippen LogP contribution is 2.45. The summed E-state index contributed by atoms with van der Waals surface area (Å²) >= 11 is 0. The summed E-state index contributed by atoms with van der Waals surface area (Å²) in [7, 11) is 3.85. The average molecular weight is 272 g/mol. The Bertz CT molecular complexity index is 609. The number of aryl methyl sites for hydroxylation is 1. The minimum Gasteiger partial charge on any atom is -0.496 e. The lowest BCUT2D eigenvalue weighted by Crippen LogP contribution is -2.37. The lowest BCUT2D eigenvalue weighted by molar-refractivity contribution is 0.289. The van der Waals surface area contributed by atoms with Crippen LogP contribution in [0.4, 0.5) is 0 Å². The average Bonchev–Trinajstić information content (AvgIpc) is 2.88. The second-order valence-electron chi connectivity index (χ2n) is 6.05. The number of fused-ring (bicyclic) bond motifs is 1. The van der Waals surface area contributed by atoms with Crippen LogP contribution < -0.4 is 10.5 Å². The molecule has 20 heavy (non-hydrogen) atoms. The lowest BCUT2D eigenvalue weighted by atomic mass is 9.69. The van der Waals surface area contributed by atoms with Gasteiger partial charge >= 0.3 is 0 Å². The molecule has 0 amide bonds. The Morgan fingerprint density at radius 1 is 1.20 bits per heavy atom. The van der Waals surface area contributed by atoms with Gasteiger partial charge in [0.05, 0.1) is 12.6 Å². The van der Waals surface area contributed by atoms with Crippen molar-refractivity contribution >= 4 is 10.9 Å². The highest BCUT2D eigenvalue weighted by atomic mass is 16.5. The third-order valence-corrected chi connectivity index (χ3v) is 4.99. The topological polar surface area (TPSA) is 40.2 Å². The fourth-order valence-electron chi connectivity index (χ4n) is 3.77. The zero-order valence-corrected chi connectivity index (χ0v) is 12.5. The number of nitrogens with two attached hydrogens (primary N) is 1. The predicted molar refractivity (Wildman–Crippen MR) is 83.3 cm³/mol. The van der Waals surface area contributed by atoms with Crippen molar-refractivity contribution in [2.75, 3.05) is 13.7 Å². The second-order valence-corrected chi connectivity index (χ2v) is 6.05. The van der Waals surface area contributed by atoms with Crippen molar-refractivity contribution in [3.05, 3.63) is 30.0 Å². The predicted octanol–water partition coefficient (Wildman–Crippen LogP) is 3.35. The molecule has 3 nitrogen and oxygen atoms in total. The summed E-state index contributed by atoms with van der Waals surface area (Å²) < 4.78 is 7.92. The molecule has 0 aliphatic heterocycles. The van der Waals surface area contributed by atoms with E-state index in [4.69, 9.17) is 10.5 Å². The Hall–Kier alpha value is -1.48. The Balaban J connectivity index is 2.19. The van der Waals surface area contributed by atoms with Gasteiger partial charge < -0.3 is 15.0 Å². The highest BCUT2D eigenvalue weighted by molar-refractivity contribution is 5.88. The van der Waals surface area contributed by atoms with Crippen LogP contribution in [-0.2, 0) is 12.5 Å². The Kier molecular flexibility index (Phi) is 3.47. The molecule has 1 aliphatic rings. The first-order chi connectivity index (χ1) is 9.72. The second kappa shape index (κ2) is 5.13. The number of benzene rings is 1. The number of hydrogen-bond acceptors (Lipinski definition) is 2. The summed E-state index contributed by atoms with van der Waals surface area (Å²) in [5.41, 5.74) is 8.81. The largest absolute Gasteiger partial charge is 0.496 e. The van der Waals surface area contributed by atoms with Crippen LogP contribution in [0, 0.1) is 0 Å². The van der Waals surface area contributed by atoms with E-state index in [9.17, 15) is 0 Å². The van der Waals surface area contributed by atoms with E-state index in [1.54, 1.807) is 7.11 Å². The van der Waals surface area contributed by atoms with Crippen molar-refractivity contribution in [1.29, 1.82) is 0 Å². The summed E-state index contributed by atoms with van der Waals surface area (Å²) in [5, 5.41) is 1.20. The summed E-state index contributed by atoms with van der Waals surface area (Å²) in [4.78, 5) is 0. The number of rotatable bonds is 3. The zero-order valence-electron chi connectivity index (χ0n) is 12.5. The Labute approximate surface area is 120 Å². The molecule has 2 N–H and O–H groups in total. The molecule has 3 heteroatoms. The van der Waals surface area contributed by atoms with E-state index in [0.29, 0.717) is 6.54 Å². The molecule has 0 unspecified atom stereocenters. The van der Waals surface area contributed by atoms with E-state index in [1.165, 1.54) is 48.6 Å². The van der Waals surface area contributed by atoms with Gasteiger partial charge in [-0.15, -0.1) is 0 Å². The van der Waals surface area contributed by atoms with Crippen LogP contribution in [0.3, 0.4) is 0 Å². The van der Waals surface area contributed by atoms with Gasteiger partial charge in [0, 0.05) is 36.2 Å². The van der Waals surface area contributed by atoms with Crippen LogP contribution in [-0.4, -0.2) is 18.2 Å². The van der Waals surface area contributed by atoms with Gasteiger partial charge in [-0.3, -0.25) is 0 Å². The lowest BCUT2D eigenvalue weighted by Gasteiger charge is -2.37. The number of methoxy groups -OCH3 is 1. The molecule has 0 spiro atoms. The number of nitrogens with zero attached hydrogens (tertiary/aromatic N) is 1. The molecule has 1 aliphatic carbocycles. The van der Waals surface area contributed by atoms with E-state index < -0.39 is 0 Å². The maximum atomic E-state index is 6.18. The van der Waals surface area contributed by atoms with Gasteiger partial charge in [-0.1, -0.05) is 25.3 Å². The van der Waals surface area contributed by atoms with Crippen molar-refractivity contribution < 1.29 is 4.74 Å². The molecule has 0 radical (unpaired) electrons. The van der Waals surface area contributed by atoms with Gasteiger partial charge in [-0.2, -0.15) is 0 Å². The van der Waals surface area contributed by atoms with Crippen molar-refractivity contribution in [1.82, 2.24) is 4.57 Å². The van der Waals surface area contributed by atoms with Crippen LogP contribution in [0.15, 0.2) is 24.4 Å². The molecule has 0 saturated heterocycles. The van der Waals surface area contributed by atoms with Crippen LogP contribution in [0.2, 0.25) is 0 Å². The summed E-state index contributed by atoms with van der Waals surface area (Å²) in [5.74, 6) is 1.02. The van der Waals surface area contributed by atoms with Crippen LogP contribution in [0.5, 0.6) is 5.75 Å². The molecule has 1 fully saturated rings. The number of hydrogen-bond donors (Lipinski definition) is 1. The molecule has 1 heterocycles. The maximum absolute atomic E-state index is 6.18. The van der Waals surface area contributed by atoms with Crippen molar-refractivity contribution in [3.63, 3.8) is 0 Å². The third kappa shape index (κ3) is 1.92. The zero-order chi connectivity index (χ0) is 14.2. The molecule has 1 aromatic carbocycles. The summed E-state index contributed by atoms with van der Waals surface area (Å²) in [6, 6.07) is 6.59. The van der Waals surface area contributed by atoms with Gasteiger partial charge in [0.25, 0.3) is 0 Å². The standard InChI is InChI=1S/C17H24N2O/c1-19-11-8-13-15(19)7-6-14(16(13)20-2)17(12-18)9-4-3-5-10-17/h6-8,11H,3-5,9-10,12,18H2,1-2H3. The van der Waals surface area contributed by atoms with Crippen molar-refractivity contribution in [2.24, 2.45) is 12.8 Å².